The molecular formula is C12H21OP. The summed E-state index contributed by atoms with van der Waals surface area (Å²) in [4.78, 5) is 0. The molecule has 80 valence electrons. The Balaban J connectivity index is 0.00000169. The standard InChI is InChI=1S/C12H19P.H2O/c1-2-3-7-10-13-11-12-8-5-4-6-9-12;/h4-6,8-9,13H,2-3,7,10-11H2,1H3;1H2. The Labute approximate surface area is 89.0 Å². The molecule has 0 radical (unpaired) electrons. The summed E-state index contributed by atoms with van der Waals surface area (Å²) in [7, 11) is 1.12. The van der Waals surface area contributed by atoms with Crippen molar-refractivity contribution in [2.24, 2.45) is 0 Å². The molecule has 0 heterocycles. The molecule has 0 saturated carbocycles. The van der Waals surface area contributed by atoms with Crippen molar-refractivity contribution in [3.8, 4) is 0 Å². The highest BCUT2D eigenvalue weighted by molar-refractivity contribution is 7.37. The van der Waals surface area contributed by atoms with Crippen LogP contribution < -0.4 is 0 Å². The van der Waals surface area contributed by atoms with E-state index in [1.165, 1.54) is 37.1 Å². The molecule has 1 aromatic carbocycles. The molecule has 2 N–H and O–H groups in total. The van der Waals surface area contributed by atoms with E-state index in [-0.39, 0.29) is 5.48 Å². The SMILES string of the molecule is CCCCCPCc1ccccc1.O. The molecule has 0 aliphatic heterocycles. The maximum Gasteiger partial charge on any atom is -0.0101 e. The molecule has 2 heteroatoms. The van der Waals surface area contributed by atoms with Gasteiger partial charge in [0.15, 0.2) is 0 Å². The third-order valence-electron chi connectivity index (χ3n) is 2.13. The van der Waals surface area contributed by atoms with Gasteiger partial charge in [0.2, 0.25) is 0 Å². The third kappa shape index (κ3) is 6.12. The lowest BCUT2D eigenvalue weighted by Gasteiger charge is -2.00. The lowest BCUT2D eigenvalue weighted by atomic mass is 10.2. The Morgan fingerprint density at radius 1 is 1.07 bits per heavy atom. The molecule has 0 aromatic heterocycles. The van der Waals surface area contributed by atoms with Crippen LogP contribution in [0.1, 0.15) is 31.7 Å². The van der Waals surface area contributed by atoms with Gasteiger partial charge in [0.1, 0.15) is 0 Å². The van der Waals surface area contributed by atoms with Gasteiger partial charge in [0, 0.05) is 0 Å². The quantitative estimate of drug-likeness (QED) is 0.512. The molecule has 1 unspecified atom stereocenters. The molecular weight excluding hydrogens is 191 g/mol. The Morgan fingerprint density at radius 2 is 1.79 bits per heavy atom. The van der Waals surface area contributed by atoms with Gasteiger partial charge in [-0.25, -0.2) is 0 Å². The maximum atomic E-state index is 2.26. The molecule has 0 saturated heterocycles. The molecule has 1 atom stereocenters. The second-order valence-electron chi connectivity index (χ2n) is 3.37. The van der Waals surface area contributed by atoms with Gasteiger partial charge < -0.3 is 5.48 Å². The van der Waals surface area contributed by atoms with Crippen LogP contribution in [0.15, 0.2) is 30.3 Å². The molecule has 0 bridgehead atoms. The van der Waals surface area contributed by atoms with Crippen LogP contribution in [0.2, 0.25) is 0 Å². The predicted octanol–water partition coefficient (Wildman–Crippen LogP) is 3.23. The summed E-state index contributed by atoms with van der Waals surface area (Å²) in [6.07, 6.45) is 6.87. The van der Waals surface area contributed by atoms with Gasteiger partial charge in [0.05, 0.1) is 0 Å². The maximum absolute atomic E-state index is 2.26. The lowest BCUT2D eigenvalue weighted by molar-refractivity contribution is 0.777. The van der Waals surface area contributed by atoms with E-state index in [9.17, 15) is 0 Å². The zero-order valence-electron chi connectivity index (χ0n) is 8.92. The first-order valence-corrected chi connectivity index (χ1v) is 6.59. The van der Waals surface area contributed by atoms with E-state index in [0.717, 1.165) is 8.58 Å². The molecule has 1 rings (SSSR count). The minimum Gasteiger partial charge on any atom is -0.412 e. The highest BCUT2D eigenvalue weighted by Gasteiger charge is 1.91. The van der Waals surface area contributed by atoms with Crippen molar-refractivity contribution in [3.63, 3.8) is 0 Å². The van der Waals surface area contributed by atoms with Gasteiger partial charge >= 0.3 is 0 Å². The Hall–Kier alpha value is -0.390. The van der Waals surface area contributed by atoms with Crippen molar-refractivity contribution in [1.29, 1.82) is 0 Å². The van der Waals surface area contributed by atoms with Crippen LogP contribution in [0.4, 0.5) is 0 Å². The third-order valence-corrected chi connectivity index (χ3v) is 3.49. The van der Waals surface area contributed by atoms with Gasteiger partial charge in [-0.15, -0.1) is 8.58 Å². The van der Waals surface area contributed by atoms with Crippen LogP contribution in [0.25, 0.3) is 0 Å². The first-order valence-electron chi connectivity index (χ1n) is 5.18. The molecule has 0 spiro atoms. The van der Waals surface area contributed by atoms with E-state index in [4.69, 9.17) is 0 Å². The molecule has 0 fully saturated rings. The first-order chi connectivity index (χ1) is 6.43. The second-order valence-corrected chi connectivity index (χ2v) is 4.72. The minimum absolute atomic E-state index is 0. The molecule has 0 aliphatic carbocycles. The first kappa shape index (κ1) is 13.6. The summed E-state index contributed by atoms with van der Waals surface area (Å²) < 4.78 is 0. The van der Waals surface area contributed by atoms with Crippen molar-refractivity contribution in [1.82, 2.24) is 0 Å². The van der Waals surface area contributed by atoms with Crippen molar-refractivity contribution in [2.45, 2.75) is 32.3 Å². The largest absolute Gasteiger partial charge is 0.412 e. The average molecular weight is 212 g/mol. The van der Waals surface area contributed by atoms with Crippen LogP contribution in [0.5, 0.6) is 0 Å². The normalized spacial score (nSPS) is 10.4. The average Bonchev–Trinajstić information content (AvgIpc) is 2.19. The highest BCUT2D eigenvalue weighted by atomic mass is 31.1. The monoisotopic (exact) mass is 212 g/mol. The number of rotatable bonds is 6. The van der Waals surface area contributed by atoms with E-state index in [1.54, 1.807) is 0 Å². The summed E-state index contributed by atoms with van der Waals surface area (Å²) in [5.74, 6) is 0. The fraction of sp³-hybridized carbons (Fsp3) is 0.500. The molecule has 0 aliphatic rings. The van der Waals surface area contributed by atoms with Gasteiger partial charge in [-0.3, -0.25) is 0 Å². The summed E-state index contributed by atoms with van der Waals surface area (Å²) in [5, 5.41) is 0. The Bertz CT molecular complexity index is 211. The van der Waals surface area contributed by atoms with Crippen molar-refractivity contribution < 1.29 is 5.48 Å². The molecule has 1 nitrogen and oxygen atoms in total. The Kier molecular flexibility index (Phi) is 8.92. The summed E-state index contributed by atoms with van der Waals surface area (Å²) >= 11 is 0. The predicted molar refractivity (Wildman–Crippen MR) is 66.5 cm³/mol. The van der Waals surface area contributed by atoms with E-state index >= 15 is 0 Å². The minimum atomic E-state index is 0. The highest BCUT2D eigenvalue weighted by Crippen LogP contribution is 2.19. The fourth-order valence-electron chi connectivity index (χ4n) is 1.33. The molecule has 14 heavy (non-hydrogen) atoms. The number of unbranched alkanes of at least 4 members (excludes halogenated alkanes) is 2. The van der Waals surface area contributed by atoms with Crippen molar-refractivity contribution in [2.75, 3.05) is 6.16 Å². The van der Waals surface area contributed by atoms with Crippen LogP contribution in [0.3, 0.4) is 0 Å². The van der Waals surface area contributed by atoms with Crippen molar-refractivity contribution in [3.05, 3.63) is 35.9 Å². The van der Waals surface area contributed by atoms with E-state index in [0.29, 0.717) is 0 Å². The zero-order chi connectivity index (χ0) is 9.36. The Morgan fingerprint density at radius 3 is 2.43 bits per heavy atom. The van der Waals surface area contributed by atoms with Crippen LogP contribution in [-0.2, 0) is 6.16 Å². The van der Waals surface area contributed by atoms with Crippen LogP contribution in [0, 0.1) is 0 Å². The molecule has 0 amide bonds. The number of benzene rings is 1. The van der Waals surface area contributed by atoms with Crippen LogP contribution in [-0.4, -0.2) is 11.6 Å². The van der Waals surface area contributed by atoms with Gasteiger partial charge in [-0.1, -0.05) is 50.1 Å². The fourth-order valence-corrected chi connectivity index (χ4v) is 2.53. The topological polar surface area (TPSA) is 31.5 Å². The summed E-state index contributed by atoms with van der Waals surface area (Å²) in [6.45, 7) is 2.26. The number of hydrogen-bond donors (Lipinski definition) is 0. The van der Waals surface area contributed by atoms with Crippen LogP contribution >= 0.6 is 8.58 Å². The summed E-state index contributed by atoms with van der Waals surface area (Å²) in [5.41, 5.74) is 1.50. The van der Waals surface area contributed by atoms with Crippen molar-refractivity contribution >= 4 is 8.58 Å². The number of hydrogen-bond acceptors (Lipinski definition) is 0. The lowest BCUT2D eigenvalue weighted by Crippen LogP contribution is -1.80. The zero-order valence-corrected chi connectivity index (χ0v) is 9.92. The smallest absolute Gasteiger partial charge is 0.0101 e. The van der Waals surface area contributed by atoms with E-state index in [1.807, 2.05) is 0 Å². The van der Waals surface area contributed by atoms with E-state index in [2.05, 4.69) is 37.3 Å². The van der Waals surface area contributed by atoms with Gasteiger partial charge in [-0.2, -0.15) is 0 Å². The molecule has 1 aromatic rings. The second kappa shape index (κ2) is 9.18. The van der Waals surface area contributed by atoms with E-state index < -0.39 is 0 Å². The summed E-state index contributed by atoms with van der Waals surface area (Å²) in [6, 6.07) is 10.8. The van der Waals surface area contributed by atoms with Gasteiger partial charge in [0.25, 0.3) is 0 Å². The van der Waals surface area contributed by atoms with Gasteiger partial charge in [-0.05, 0) is 24.3 Å².